The molecule has 0 saturated carbocycles. The number of nitrogens with zero attached hydrogens (tertiary/aromatic N) is 1. The van der Waals surface area contributed by atoms with Crippen molar-refractivity contribution in [2.24, 2.45) is 0 Å². The van der Waals surface area contributed by atoms with Crippen LogP contribution < -0.4 is 5.32 Å². The predicted molar refractivity (Wildman–Crippen MR) is 79.9 cm³/mol. The average Bonchev–Trinajstić information content (AvgIpc) is 2.98. The van der Waals surface area contributed by atoms with E-state index in [9.17, 15) is 0 Å². The van der Waals surface area contributed by atoms with Gasteiger partial charge in [0.25, 0.3) is 0 Å². The van der Waals surface area contributed by atoms with Crippen LogP contribution in [0.25, 0.3) is 11.3 Å². The molecule has 2 nitrogen and oxygen atoms in total. The van der Waals surface area contributed by atoms with Crippen LogP contribution in [0.3, 0.4) is 0 Å². The van der Waals surface area contributed by atoms with Gasteiger partial charge >= 0.3 is 0 Å². The maximum atomic E-state index is 4.98. The van der Waals surface area contributed by atoms with Gasteiger partial charge in [-0.1, -0.05) is 17.7 Å². The lowest BCUT2D eigenvalue weighted by Crippen LogP contribution is -2.28. The first-order chi connectivity index (χ1) is 9.31. The Labute approximate surface area is 117 Å². The third kappa shape index (κ3) is 1.92. The van der Waals surface area contributed by atoms with Gasteiger partial charge in [-0.05, 0) is 37.9 Å². The van der Waals surface area contributed by atoms with Gasteiger partial charge in [-0.25, -0.2) is 4.98 Å². The van der Waals surface area contributed by atoms with Crippen LogP contribution in [-0.4, -0.2) is 18.1 Å². The summed E-state index contributed by atoms with van der Waals surface area (Å²) in [7, 11) is 0. The van der Waals surface area contributed by atoms with E-state index < -0.39 is 0 Å². The van der Waals surface area contributed by atoms with Gasteiger partial charge in [0.15, 0.2) is 0 Å². The zero-order chi connectivity index (χ0) is 12.8. The number of aromatic nitrogens is 1. The molecule has 0 bridgehead atoms. The molecule has 1 unspecified atom stereocenters. The Balaban J connectivity index is 1.72. The van der Waals surface area contributed by atoms with Crippen LogP contribution >= 0.6 is 11.3 Å². The molecule has 1 aliphatic heterocycles. The molecular formula is C16H18N2S. The molecule has 4 rings (SSSR count). The van der Waals surface area contributed by atoms with Crippen molar-refractivity contribution < 1.29 is 0 Å². The molecule has 98 valence electrons. The molecule has 1 saturated heterocycles. The van der Waals surface area contributed by atoms with Gasteiger partial charge in [-0.15, -0.1) is 11.3 Å². The molecule has 2 aliphatic rings. The Kier molecular flexibility index (Phi) is 2.71. The van der Waals surface area contributed by atoms with Crippen LogP contribution in [0.1, 0.15) is 39.8 Å². The molecule has 0 spiro atoms. The SMILES string of the molecule is Cc1ccc2c(c1)-c1nc(C3CCCNC3)sc1C2. The molecule has 1 aromatic heterocycles. The first kappa shape index (κ1) is 11.6. The minimum absolute atomic E-state index is 0.637. The molecule has 0 amide bonds. The number of hydrogen-bond acceptors (Lipinski definition) is 3. The van der Waals surface area contributed by atoms with Crippen molar-refractivity contribution in [2.75, 3.05) is 13.1 Å². The highest BCUT2D eigenvalue weighted by Gasteiger charge is 2.26. The fourth-order valence-corrected chi connectivity index (χ4v) is 4.41. The molecule has 1 aromatic carbocycles. The van der Waals surface area contributed by atoms with E-state index in [0.29, 0.717) is 5.92 Å². The van der Waals surface area contributed by atoms with E-state index in [1.54, 1.807) is 0 Å². The molecular weight excluding hydrogens is 252 g/mol. The van der Waals surface area contributed by atoms with Crippen LogP contribution in [-0.2, 0) is 6.42 Å². The number of thiazole rings is 1. The maximum Gasteiger partial charge on any atom is 0.0979 e. The van der Waals surface area contributed by atoms with Crippen molar-refractivity contribution in [1.82, 2.24) is 10.3 Å². The van der Waals surface area contributed by atoms with Gasteiger partial charge in [0.05, 0.1) is 10.7 Å². The summed E-state index contributed by atoms with van der Waals surface area (Å²) in [6.07, 6.45) is 3.66. The largest absolute Gasteiger partial charge is 0.316 e. The third-order valence-electron chi connectivity index (χ3n) is 4.23. The molecule has 2 aromatic rings. The Morgan fingerprint density at radius 3 is 3.16 bits per heavy atom. The fraction of sp³-hybridized carbons (Fsp3) is 0.438. The second-order valence-corrected chi connectivity index (χ2v) is 6.82. The second-order valence-electron chi connectivity index (χ2n) is 5.70. The van der Waals surface area contributed by atoms with Crippen LogP contribution in [0.2, 0.25) is 0 Å². The van der Waals surface area contributed by atoms with Gasteiger partial charge in [-0.2, -0.15) is 0 Å². The Bertz CT molecular complexity index is 624. The lowest BCUT2D eigenvalue weighted by molar-refractivity contribution is 0.460. The van der Waals surface area contributed by atoms with E-state index in [4.69, 9.17) is 4.98 Å². The number of hydrogen-bond donors (Lipinski definition) is 1. The zero-order valence-electron chi connectivity index (χ0n) is 11.2. The van der Waals surface area contributed by atoms with Crippen molar-refractivity contribution in [3.63, 3.8) is 0 Å². The highest BCUT2D eigenvalue weighted by Crippen LogP contribution is 2.42. The smallest absolute Gasteiger partial charge is 0.0979 e. The van der Waals surface area contributed by atoms with E-state index in [2.05, 4.69) is 30.4 Å². The number of benzene rings is 1. The summed E-state index contributed by atoms with van der Waals surface area (Å²) in [5.74, 6) is 0.637. The van der Waals surface area contributed by atoms with E-state index >= 15 is 0 Å². The van der Waals surface area contributed by atoms with E-state index in [1.807, 2.05) is 11.3 Å². The number of nitrogens with one attached hydrogen (secondary N) is 1. The summed E-state index contributed by atoms with van der Waals surface area (Å²) < 4.78 is 0. The molecule has 2 heterocycles. The average molecular weight is 270 g/mol. The Morgan fingerprint density at radius 1 is 1.37 bits per heavy atom. The highest BCUT2D eigenvalue weighted by atomic mass is 32.1. The minimum Gasteiger partial charge on any atom is -0.316 e. The molecule has 0 radical (unpaired) electrons. The molecule has 1 atom stereocenters. The molecule has 19 heavy (non-hydrogen) atoms. The quantitative estimate of drug-likeness (QED) is 0.732. The van der Waals surface area contributed by atoms with E-state index in [-0.39, 0.29) is 0 Å². The van der Waals surface area contributed by atoms with Crippen LogP contribution in [0.4, 0.5) is 0 Å². The number of aryl methyl sites for hydroxylation is 1. The topological polar surface area (TPSA) is 24.9 Å². The van der Waals surface area contributed by atoms with E-state index in [0.717, 1.165) is 13.0 Å². The van der Waals surface area contributed by atoms with Crippen molar-refractivity contribution >= 4 is 11.3 Å². The van der Waals surface area contributed by atoms with Crippen LogP contribution in [0.15, 0.2) is 18.2 Å². The summed E-state index contributed by atoms with van der Waals surface area (Å²) in [6, 6.07) is 6.77. The number of fused-ring (bicyclic) bond motifs is 3. The lowest BCUT2D eigenvalue weighted by Gasteiger charge is -2.20. The van der Waals surface area contributed by atoms with Crippen LogP contribution in [0, 0.1) is 6.92 Å². The second kappa shape index (κ2) is 4.43. The zero-order valence-corrected chi connectivity index (χ0v) is 12.0. The van der Waals surface area contributed by atoms with Gasteiger partial charge in [-0.3, -0.25) is 0 Å². The molecule has 1 N–H and O–H groups in total. The molecule has 1 fully saturated rings. The van der Waals surface area contributed by atoms with Gasteiger partial charge in [0.2, 0.25) is 0 Å². The molecule has 1 aliphatic carbocycles. The summed E-state index contributed by atoms with van der Waals surface area (Å²) in [5.41, 5.74) is 5.43. The Morgan fingerprint density at radius 2 is 2.32 bits per heavy atom. The molecule has 3 heteroatoms. The predicted octanol–water partition coefficient (Wildman–Crippen LogP) is 3.49. The van der Waals surface area contributed by atoms with Crippen molar-refractivity contribution in [1.29, 1.82) is 0 Å². The van der Waals surface area contributed by atoms with Crippen molar-refractivity contribution in [3.8, 4) is 11.3 Å². The minimum atomic E-state index is 0.637. The monoisotopic (exact) mass is 270 g/mol. The first-order valence-electron chi connectivity index (χ1n) is 7.11. The Hall–Kier alpha value is -1.19. The summed E-state index contributed by atoms with van der Waals surface area (Å²) in [5, 5.41) is 4.84. The highest BCUT2D eigenvalue weighted by molar-refractivity contribution is 7.12. The third-order valence-corrected chi connectivity index (χ3v) is 5.45. The van der Waals surface area contributed by atoms with Crippen LogP contribution in [0.5, 0.6) is 0 Å². The summed E-state index contributed by atoms with van der Waals surface area (Å²) >= 11 is 1.94. The number of piperidine rings is 1. The normalized spacial score (nSPS) is 21.2. The lowest BCUT2D eigenvalue weighted by atomic mass is 10.0. The standard InChI is InChI=1S/C16H18N2S/c1-10-4-5-11-8-14-15(13(11)7-10)18-16(19-14)12-3-2-6-17-9-12/h4-5,7,12,17H,2-3,6,8-9H2,1H3. The summed E-state index contributed by atoms with van der Waals surface area (Å²) in [6.45, 7) is 4.44. The van der Waals surface area contributed by atoms with Crippen molar-refractivity contribution in [2.45, 2.75) is 32.1 Å². The number of rotatable bonds is 1. The van der Waals surface area contributed by atoms with Gasteiger partial charge < -0.3 is 5.32 Å². The van der Waals surface area contributed by atoms with Gasteiger partial charge in [0, 0.05) is 29.3 Å². The van der Waals surface area contributed by atoms with E-state index in [1.165, 1.54) is 51.7 Å². The first-order valence-corrected chi connectivity index (χ1v) is 7.93. The van der Waals surface area contributed by atoms with Gasteiger partial charge in [0.1, 0.15) is 0 Å². The maximum absolute atomic E-state index is 4.98. The fourth-order valence-electron chi connectivity index (χ4n) is 3.18. The van der Waals surface area contributed by atoms with Crippen molar-refractivity contribution in [3.05, 3.63) is 39.2 Å². The summed E-state index contributed by atoms with van der Waals surface area (Å²) in [4.78, 5) is 6.45.